The average molecular weight is 339 g/mol. The molecule has 7 heavy (non-hydrogen) atoms. The quantitative estimate of drug-likeness (QED) is 0.594. The van der Waals surface area contributed by atoms with Crippen LogP contribution in [0.2, 0.25) is 3.43 Å². The van der Waals surface area contributed by atoms with Crippen LogP contribution in [0, 0.1) is 0 Å². The van der Waals surface area contributed by atoms with Gasteiger partial charge in [0.2, 0.25) is 0 Å². The van der Waals surface area contributed by atoms with Gasteiger partial charge in [-0.3, -0.25) is 0 Å². The van der Waals surface area contributed by atoms with Crippen molar-refractivity contribution in [3.8, 4) is 0 Å². The van der Waals surface area contributed by atoms with E-state index in [-0.39, 0.29) is 34.0 Å². The van der Waals surface area contributed by atoms with Crippen molar-refractivity contribution < 1.29 is 0 Å². The van der Waals surface area contributed by atoms with Crippen molar-refractivity contribution in [2.45, 2.75) is 24.2 Å². The van der Waals surface area contributed by atoms with Crippen LogP contribution in [-0.2, 0) is 0 Å². The standard InChI is InChI=1S/C4H9.2BrH.Sn.H/c1-4(2)3;;;;/h1-3H3;2*1H;;. The van der Waals surface area contributed by atoms with E-state index in [1.807, 2.05) is 0 Å². The molecule has 0 fully saturated rings. The van der Waals surface area contributed by atoms with E-state index in [1.165, 1.54) is 22.5 Å². The van der Waals surface area contributed by atoms with E-state index in [2.05, 4.69) is 20.8 Å². The van der Waals surface area contributed by atoms with Crippen LogP contribution in [0.3, 0.4) is 0 Å². The van der Waals surface area contributed by atoms with Crippen molar-refractivity contribution >= 4 is 56.5 Å². The number of rotatable bonds is 0. The molecule has 0 saturated carbocycles. The molecule has 0 atom stereocenters. The summed E-state index contributed by atoms with van der Waals surface area (Å²) in [6, 6.07) is 0. The maximum atomic E-state index is 2.25. The van der Waals surface area contributed by atoms with Gasteiger partial charge in [-0.2, -0.15) is 0 Å². The molecule has 0 saturated heterocycles. The van der Waals surface area contributed by atoms with E-state index < -0.39 is 0 Å². The van der Waals surface area contributed by atoms with Crippen LogP contribution in [0.25, 0.3) is 0 Å². The molecule has 0 amide bonds. The molecular weight excluding hydrogens is 327 g/mol. The molecule has 0 aliphatic heterocycles. The molecule has 0 N–H and O–H groups in total. The second-order valence-electron chi connectivity index (χ2n) is 2.37. The third-order valence-corrected chi connectivity index (χ3v) is 0. The van der Waals surface area contributed by atoms with Gasteiger partial charge in [0.15, 0.2) is 0 Å². The van der Waals surface area contributed by atoms with Crippen LogP contribution in [0.5, 0.6) is 0 Å². The first-order valence-corrected chi connectivity index (χ1v) is 3.44. The Balaban J connectivity index is -0.0000000800. The third kappa shape index (κ3) is 83.2. The summed E-state index contributed by atoms with van der Waals surface area (Å²) in [4.78, 5) is 0. The Labute approximate surface area is 80.1 Å². The summed E-state index contributed by atoms with van der Waals surface area (Å²) in [6.07, 6.45) is 0. The van der Waals surface area contributed by atoms with Crippen molar-refractivity contribution in [1.82, 2.24) is 0 Å². The zero-order chi connectivity index (χ0) is 4.50. The number of hydrogen-bond acceptors (Lipinski definition) is 0. The van der Waals surface area contributed by atoms with E-state index in [0.29, 0.717) is 3.43 Å². The molecule has 3 heteroatoms. The van der Waals surface area contributed by atoms with Crippen LogP contribution >= 0.6 is 34.0 Å². The SMILES string of the molecule is Br.Br.C[C](C)(C)[SnH]. The zero-order valence-corrected chi connectivity index (χ0v) is 11.6. The number of halogens is 2. The van der Waals surface area contributed by atoms with Gasteiger partial charge >= 0.3 is 46.7 Å². The Morgan fingerprint density at radius 3 is 1.00 bits per heavy atom. The average Bonchev–Trinajstić information content (AvgIpc) is 0.722. The summed E-state index contributed by atoms with van der Waals surface area (Å²) in [7, 11) is 0. The summed E-state index contributed by atoms with van der Waals surface area (Å²) in [5.74, 6) is 0. The minimum absolute atomic E-state index is 0. The zero-order valence-electron chi connectivity index (χ0n) is 4.89. The van der Waals surface area contributed by atoms with E-state index in [0.717, 1.165) is 0 Å². The van der Waals surface area contributed by atoms with E-state index in [4.69, 9.17) is 0 Å². The minimum atomic E-state index is 0. The number of hydrogen-bond donors (Lipinski definition) is 0. The van der Waals surface area contributed by atoms with Gasteiger partial charge in [-0.1, -0.05) is 0 Å². The fourth-order valence-corrected chi connectivity index (χ4v) is 0. The Kier molecular flexibility index (Phi) is 13.4. The Hall–Kier alpha value is 1.76. The molecule has 0 rings (SSSR count). The summed E-state index contributed by atoms with van der Waals surface area (Å²) in [5, 5.41) is 0. The van der Waals surface area contributed by atoms with Crippen molar-refractivity contribution in [2.75, 3.05) is 0 Å². The van der Waals surface area contributed by atoms with Crippen LogP contribution in [0.15, 0.2) is 0 Å². The van der Waals surface area contributed by atoms with Gasteiger partial charge in [0.05, 0.1) is 0 Å². The molecule has 0 spiro atoms. The molecule has 2 radical (unpaired) electrons. The fourth-order valence-electron chi connectivity index (χ4n) is 0. The molecule has 0 aromatic carbocycles. The van der Waals surface area contributed by atoms with E-state index in [1.54, 1.807) is 0 Å². The predicted molar refractivity (Wildman–Crippen MR) is 47.5 cm³/mol. The summed E-state index contributed by atoms with van der Waals surface area (Å²) >= 11 is 1.36. The summed E-state index contributed by atoms with van der Waals surface area (Å²) < 4.78 is 0.630. The Morgan fingerprint density at radius 2 is 1.00 bits per heavy atom. The van der Waals surface area contributed by atoms with Crippen molar-refractivity contribution in [3.05, 3.63) is 0 Å². The van der Waals surface area contributed by atoms with Gasteiger partial charge in [0.25, 0.3) is 0 Å². The molecule has 0 aromatic rings. The normalized spacial score (nSPS) is 8.57. The molecule has 46 valence electrons. The molecule has 0 nitrogen and oxygen atoms in total. The summed E-state index contributed by atoms with van der Waals surface area (Å²) in [5.41, 5.74) is 0. The van der Waals surface area contributed by atoms with Gasteiger partial charge in [0.1, 0.15) is 0 Å². The molecule has 0 aromatic heterocycles. The van der Waals surface area contributed by atoms with Crippen LogP contribution in [0.4, 0.5) is 0 Å². The molecule has 0 heterocycles. The molecule has 0 unspecified atom stereocenters. The van der Waals surface area contributed by atoms with Crippen molar-refractivity contribution in [1.29, 1.82) is 0 Å². The maximum absolute atomic E-state index is 2.25. The van der Waals surface area contributed by atoms with Gasteiger partial charge in [-0.25, -0.2) is 0 Å². The third-order valence-electron chi connectivity index (χ3n) is 0. The van der Waals surface area contributed by atoms with Gasteiger partial charge in [-0.05, 0) is 0 Å². The molecule has 0 aliphatic rings. The summed E-state index contributed by atoms with van der Waals surface area (Å²) in [6.45, 7) is 6.74. The Morgan fingerprint density at radius 1 is 1.00 bits per heavy atom. The van der Waals surface area contributed by atoms with E-state index in [9.17, 15) is 0 Å². The first-order valence-electron chi connectivity index (χ1n) is 1.79. The van der Waals surface area contributed by atoms with Gasteiger partial charge < -0.3 is 0 Å². The topological polar surface area (TPSA) is 0 Å². The molecule has 0 aliphatic carbocycles. The first kappa shape index (κ1) is 15.9. The van der Waals surface area contributed by atoms with Crippen LogP contribution in [-0.4, -0.2) is 22.5 Å². The van der Waals surface area contributed by atoms with Crippen LogP contribution in [0.1, 0.15) is 20.8 Å². The molecular formula is C4H12Br2Sn. The monoisotopic (exact) mass is 338 g/mol. The van der Waals surface area contributed by atoms with Crippen LogP contribution < -0.4 is 0 Å². The van der Waals surface area contributed by atoms with E-state index >= 15 is 0 Å². The predicted octanol–water partition coefficient (Wildman–Crippen LogP) is 2.26. The van der Waals surface area contributed by atoms with Gasteiger partial charge in [0, 0.05) is 0 Å². The van der Waals surface area contributed by atoms with Gasteiger partial charge in [-0.15, -0.1) is 34.0 Å². The van der Waals surface area contributed by atoms with Crippen molar-refractivity contribution in [2.24, 2.45) is 0 Å². The second kappa shape index (κ2) is 5.89. The Bertz CT molecular complexity index is 25.2. The fraction of sp³-hybridized carbons (Fsp3) is 1.00. The van der Waals surface area contributed by atoms with Crippen molar-refractivity contribution in [3.63, 3.8) is 0 Å². The first-order chi connectivity index (χ1) is 2.00. The molecule has 0 bridgehead atoms. The second-order valence-corrected chi connectivity index (χ2v) is 7.31.